The quantitative estimate of drug-likeness (QED) is 0.270. The molecule has 5 nitrogen and oxygen atoms in total. The average Bonchev–Trinajstić information content (AvgIpc) is 2.71. The molecule has 0 aliphatic carbocycles. The summed E-state index contributed by atoms with van der Waals surface area (Å²) in [6, 6.07) is 17.7. The highest BCUT2D eigenvalue weighted by atomic mass is 79.9. The highest BCUT2D eigenvalue weighted by molar-refractivity contribution is 9.09. The summed E-state index contributed by atoms with van der Waals surface area (Å²) in [4.78, 5) is 11.3. The first kappa shape index (κ1) is 22.4. The van der Waals surface area contributed by atoms with Crippen molar-refractivity contribution in [3.63, 3.8) is 0 Å². The highest BCUT2D eigenvalue weighted by Gasteiger charge is 2.22. The Kier molecular flexibility index (Phi) is 10.0. The Bertz CT molecular complexity index is 690. The Hall–Kier alpha value is -1.89. The van der Waals surface area contributed by atoms with Gasteiger partial charge in [-0.05, 0) is 23.3 Å². The normalized spacial score (nSPS) is 13.0. The third-order valence-electron chi connectivity index (χ3n) is 4.08. The maximum Gasteiger partial charge on any atom is 0.302 e. The van der Waals surface area contributed by atoms with Crippen molar-refractivity contribution in [3.8, 4) is 5.75 Å². The summed E-state index contributed by atoms with van der Waals surface area (Å²) >= 11 is 3.59. The van der Waals surface area contributed by atoms with Crippen LogP contribution in [-0.4, -0.2) is 37.2 Å². The molecule has 0 aliphatic heterocycles. The number of methoxy groups -OCH3 is 1. The Morgan fingerprint density at radius 1 is 0.964 bits per heavy atom. The summed E-state index contributed by atoms with van der Waals surface area (Å²) in [5.41, 5.74) is 2.17. The number of carbonyl (C=O) groups is 1. The lowest BCUT2D eigenvalue weighted by atomic mass is 10.2. The first-order chi connectivity index (χ1) is 13.6. The molecule has 0 amide bonds. The van der Waals surface area contributed by atoms with Gasteiger partial charge in [0, 0.05) is 13.3 Å². The zero-order chi connectivity index (χ0) is 20.2. The van der Waals surface area contributed by atoms with Crippen LogP contribution in [0, 0.1) is 0 Å². The molecule has 2 rings (SSSR count). The molecule has 6 heteroatoms. The molecule has 28 heavy (non-hydrogen) atoms. The molecule has 2 aromatic carbocycles. The molecule has 0 radical (unpaired) electrons. The van der Waals surface area contributed by atoms with Gasteiger partial charge in [-0.1, -0.05) is 58.4 Å². The van der Waals surface area contributed by atoms with E-state index in [0.29, 0.717) is 32.8 Å². The van der Waals surface area contributed by atoms with Gasteiger partial charge in [-0.25, -0.2) is 0 Å². The van der Waals surface area contributed by atoms with Crippen molar-refractivity contribution < 1.29 is 23.7 Å². The van der Waals surface area contributed by atoms with E-state index in [1.807, 2.05) is 54.6 Å². The van der Waals surface area contributed by atoms with Crippen LogP contribution in [0.25, 0.3) is 0 Å². The molecule has 0 fully saturated rings. The van der Waals surface area contributed by atoms with Gasteiger partial charge in [-0.3, -0.25) is 4.79 Å². The van der Waals surface area contributed by atoms with Crippen LogP contribution in [0.5, 0.6) is 5.75 Å². The number of alkyl halides is 1. The minimum atomic E-state index is -0.316. The molecular weight excluding hydrogens is 424 g/mol. The first-order valence-electron chi connectivity index (χ1n) is 9.22. The molecule has 0 bridgehead atoms. The van der Waals surface area contributed by atoms with Crippen LogP contribution in [0.15, 0.2) is 54.6 Å². The summed E-state index contributed by atoms with van der Waals surface area (Å²) < 4.78 is 22.1. The Labute approximate surface area is 175 Å². The van der Waals surface area contributed by atoms with Crippen LogP contribution < -0.4 is 4.74 Å². The van der Waals surface area contributed by atoms with Crippen LogP contribution >= 0.6 is 15.9 Å². The summed E-state index contributed by atoms with van der Waals surface area (Å²) in [5.74, 6) is 0.500. The largest absolute Gasteiger partial charge is 0.497 e. The van der Waals surface area contributed by atoms with E-state index < -0.39 is 0 Å². The molecule has 0 spiro atoms. The maximum absolute atomic E-state index is 11.4. The van der Waals surface area contributed by atoms with E-state index in [9.17, 15) is 4.79 Å². The molecule has 0 saturated heterocycles. The lowest BCUT2D eigenvalue weighted by molar-refractivity contribution is -0.147. The lowest BCUT2D eigenvalue weighted by Gasteiger charge is -2.22. The molecule has 152 valence electrons. The number of carbonyl (C=O) groups excluding carboxylic acids is 1. The monoisotopic (exact) mass is 450 g/mol. The average molecular weight is 451 g/mol. The van der Waals surface area contributed by atoms with Gasteiger partial charge in [-0.15, -0.1) is 0 Å². The lowest BCUT2D eigenvalue weighted by Crippen LogP contribution is -2.31. The van der Waals surface area contributed by atoms with Crippen molar-refractivity contribution in [2.75, 3.05) is 20.3 Å². The van der Waals surface area contributed by atoms with Crippen LogP contribution in [0.4, 0.5) is 0 Å². The van der Waals surface area contributed by atoms with E-state index in [-0.39, 0.29) is 16.9 Å². The number of rotatable bonds is 12. The van der Waals surface area contributed by atoms with Crippen molar-refractivity contribution in [1.29, 1.82) is 0 Å². The molecule has 2 atom stereocenters. The molecule has 0 aromatic heterocycles. The highest BCUT2D eigenvalue weighted by Crippen LogP contribution is 2.17. The molecular formula is C22H27BrO5. The van der Waals surface area contributed by atoms with Crippen molar-refractivity contribution >= 4 is 21.9 Å². The smallest absolute Gasteiger partial charge is 0.302 e. The van der Waals surface area contributed by atoms with Crippen molar-refractivity contribution in [3.05, 3.63) is 65.7 Å². The summed E-state index contributed by atoms with van der Waals surface area (Å²) in [5, 5.41) is 0. The van der Waals surface area contributed by atoms with E-state index in [1.54, 1.807) is 7.11 Å². The van der Waals surface area contributed by atoms with Gasteiger partial charge in [0.15, 0.2) is 0 Å². The number of esters is 1. The number of hydrogen-bond donors (Lipinski definition) is 0. The minimum absolute atomic E-state index is 0.116. The second-order valence-corrected chi connectivity index (χ2v) is 7.53. The zero-order valence-electron chi connectivity index (χ0n) is 16.3. The van der Waals surface area contributed by atoms with Gasteiger partial charge in [0.05, 0.1) is 38.4 Å². The number of hydrogen-bond acceptors (Lipinski definition) is 5. The van der Waals surface area contributed by atoms with E-state index in [4.69, 9.17) is 18.9 Å². The van der Waals surface area contributed by atoms with Gasteiger partial charge in [0.25, 0.3) is 0 Å². The van der Waals surface area contributed by atoms with Crippen molar-refractivity contribution in [2.24, 2.45) is 0 Å². The van der Waals surface area contributed by atoms with E-state index in [2.05, 4.69) is 15.9 Å². The fraction of sp³-hybridized carbons (Fsp3) is 0.409. The Balaban J connectivity index is 1.74. The standard InChI is InChI=1S/C22H27BrO5/c1-17(24)28-22(12-13-26-14-18-6-4-3-5-7-18)21(23)16-27-15-19-8-10-20(25-2)11-9-19/h3-11,21-22H,12-16H2,1-2H3/t21-,22?/m0/s1. The summed E-state index contributed by atoms with van der Waals surface area (Å²) in [6.45, 7) is 3.34. The second kappa shape index (κ2) is 12.5. The first-order valence-corrected chi connectivity index (χ1v) is 10.1. The molecule has 1 unspecified atom stereocenters. The topological polar surface area (TPSA) is 54.0 Å². The van der Waals surface area contributed by atoms with E-state index in [1.165, 1.54) is 6.92 Å². The third-order valence-corrected chi connectivity index (χ3v) is 4.94. The minimum Gasteiger partial charge on any atom is -0.497 e. The number of halogens is 1. The SMILES string of the molecule is COc1ccc(COC[C@H](Br)C(CCOCc2ccccc2)OC(C)=O)cc1. The van der Waals surface area contributed by atoms with Crippen molar-refractivity contribution in [2.45, 2.75) is 37.5 Å². The van der Waals surface area contributed by atoms with Crippen LogP contribution in [0.3, 0.4) is 0 Å². The fourth-order valence-electron chi connectivity index (χ4n) is 2.61. The fourth-order valence-corrected chi connectivity index (χ4v) is 3.17. The maximum atomic E-state index is 11.4. The molecule has 0 heterocycles. The Morgan fingerprint density at radius 2 is 1.61 bits per heavy atom. The zero-order valence-corrected chi connectivity index (χ0v) is 17.9. The van der Waals surface area contributed by atoms with Crippen molar-refractivity contribution in [1.82, 2.24) is 0 Å². The van der Waals surface area contributed by atoms with Crippen LogP contribution in [0.2, 0.25) is 0 Å². The van der Waals surface area contributed by atoms with Gasteiger partial charge >= 0.3 is 5.97 Å². The predicted molar refractivity (Wildman–Crippen MR) is 112 cm³/mol. The third kappa shape index (κ3) is 8.42. The molecule has 0 saturated carbocycles. The van der Waals surface area contributed by atoms with Crippen LogP contribution in [-0.2, 0) is 32.2 Å². The van der Waals surface area contributed by atoms with Gasteiger partial charge in [0.2, 0.25) is 0 Å². The van der Waals surface area contributed by atoms with E-state index in [0.717, 1.165) is 16.9 Å². The predicted octanol–water partition coefficient (Wildman–Crippen LogP) is 4.51. The van der Waals surface area contributed by atoms with Gasteiger partial charge < -0.3 is 18.9 Å². The van der Waals surface area contributed by atoms with Crippen LogP contribution in [0.1, 0.15) is 24.5 Å². The summed E-state index contributed by atoms with van der Waals surface area (Å²) in [6.07, 6.45) is 0.276. The molecule has 0 aliphatic rings. The summed E-state index contributed by atoms with van der Waals surface area (Å²) in [7, 11) is 1.64. The Morgan fingerprint density at radius 3 is 2.25 bits per heavy atom. The number of benzene rings is 2. The number of ether oxygens (including phenoxy) is 4. The van der Waals surface area contributed by atoms with Gasteiger partial charge in [0.1, 0.15) is 11.9 Å². The molecule has 2 aromatic rings. The molecule has 0 N–H and O–H groups in total. The van der Waals surface area contributed by atoms with Gasteiger partial charge in [-0.2, -0.15) is 0 Å². The second-order valence-electron chi connectivity index (χ2n) is 6.35. The van der Waals surface area contributed by atoms with E-state index >= 15 is 0 Å².